The number of rotatable bonds is 4. The molecule has 1 unspecified atom stereocenters. The van der Waals surface area contributed by atoms with Gasteiger partial charge in [0.2, 0.25) is 5.82 Å². The number of carbonyl (C=O) groups is 1. The van der Waals surface area contributed by atoms with Crippen molar-refractivity contribution in [1.29, 1.82) is 5.26 Å². The highest BCUT2D eigenvalue weighted by Gasteiger charge is 2.24. The highest BCUT2D eigenvalue weighted by Crippen LogP contribution is 2.22. The van der Waals surface area contributed by atoms with Crippen molar-refractivity contribution in [3.05, 3.63) is 102 Å². The van der Waals surface area contributed by atoms with Crippen LogP contribution in [0, 0.1) is 11.3 Å². The Balaban J connectivity index is 1.81. The van der Waals surface area contributed by atoms with Gasteiger partial charge in [-0.3, -0.25) is 9.78 Å². The molecule has 0 saturated carbocycles. The van der Waals surface area contributed by atoms with Crippen LogP contribution >= 0.6 is 0 Å². The van der Waals surface area contributed by atoms with Gasteiger partial charge in [-0.2, -0.15) is 9.94 Å². The Bertz CT molecular complexity index is 1180. The average Bonchev–Trinajstić information content (AvgIpc) is 3.25. The monoisotopic (exact) mass is 380 g/mol. The molecule has 2 aromatic carbocycles. The second-order valence-electron chi connectivity index (χ2n) is 6.30. The Morgan fingerprint density at radius 1 is 1.00 bits per heavy atom. The molecule has 0 aliphatic carbocycles. The number of benzene rings is 2. The Kier molecular flexibility index (Phi) is 4.93. The molecule has 4 aromatic rings. The second kappa shape index (κ2) is 7.84. The van der Waals surface area contributed by atoms with Crippen molar-refractivity contribution in [3.8, 4) is 17.6 Å². The lowest BCUT2D eigenvalue weighted by Gasteiger charge is -2.12. The Morgan fingerprint density at radius 3 is 2.38 bits per heavy atom. The molecule has 0 amide bonds. The molecule has 29 heavy (non-hydrogen) atoms. The van der Waals surface area contributed by atoms with Crippen LogP contribution in [-0.2, 0) is 0 Å². The number of pyridine rings is 1. The van der Waals surface area contributed by atoms with Crippen LogP contribution in [0.4, 0.5) is 0 Å². The van der Waals surface area contributed by atoms with Crippen molar-refractivity contribution in [2.24, 2.45) is 5.73 Å². The molecule has 0 spiro atoms. The van der Waals surface area contributed by atoms with Crippen molar-refractivity contribution in [2.75, 3.05) is 0 Å². The zero-order chi connectivity index (χ0) is 20.2. The number of carbonyl (C=O) groups excluding carboxylic acids is 1. The Hall–Kier alpha value is -4.15. The van der Waals surface area contributed by atoms with E-state index in [2.05, 4.69) is 21.1 Å². The summed E-state index contributed by atoms with van der Waals surface area (Å²) in [5.74, 6) is 0.276. The van der Waals surface area contributed by atoms with Gasteiger partial charge in [-0.05, 0) is 42.0 Å². The lowest BCUT2D eigenvalue weighted by molar-refractivity contribution is 0.0940. The molecule has 1 atom stereocenters. The number of hydrogen-bond donors (Lipinski definition) is 1. The molecule has 0 aliphatic rings. The van der Waals surface area contributed by atoms with E-state index >= 15 is 0 Å². The fourth-order valence-electron chi connectivity index (χ4n) is 2.90. The SMILES string of the molecule is N#Cc1ccc(C(N)c2nc(-c3ccccn3)nn2C(=O)c2ccccc2)cc1. The van der Waals surface area contributed by atoms with Gasteiger partial charge >= 0.3 is 0 Å². The van der Waals surface area contributed by atoms with Gasteiger partial charge in [0.05, 0.1) is 17.7 Å². The number of nitrogens with two attached hydrogens (primary N) is 1. The van der Waals surface area contributed by atoms with Crippen molar-refractivity contribution in [2.45, 2.75) is 6.04 Å². The fraction of sp³-hybridized carbons (Fsp3) is 0.0455. The summed E-state index contributed by atoms with van der Waals surface area (Å²) >= 11 is 0. The summed E-state index contributed by atoms with van der Waals surface area (Å²) in [5.41, 5.74) is 8.69. The van der Waals surface area contributed by atoms with Crippen molar-refractivity contribution in [3.63, 3.8) is 0 Å². The number of nitrogens with zero attached hydrogens (tertiary/aromatic N) is 5. The summed E-state index contributed by atoms with van der Waals surface area (Å²) in [4.78, 5) is 21.9. The number of aromatic nitrogens is 4. The predicted octanol–water partition coefficient (Wildman–Crippen LogP) is 2.95. The maximum Gasteiger partial charge on any atom is 0.279 e. The van der Waals surface area contributed by atoms with E-state index in [1.807, 2.05) is 12.1 Å². The second-order valence-corrected chi connectivity index (χ2v) is 6.30. The lowest BCUT2D eigenvalue weighted by Crippen LogP contribution is -2.23. The van der Waals surface area contributed by atoms with Crippen LogP contribution in [0.1, 0.15) is 33.4 Å². The van der Waals surface area contributed by atoms with E-state index in [0.29, 0.717) is 34.0 Å². The van der Waals surface area contributed by atoms with Gasteiger partial charge in [-0.25, -0.2) is 4.98 Å². The van der Waals surface area contributed by atoms with Crippen LogP contribution in [0.15, 0.2) is 79.0 Å². The van der Waals surface area contributed by atoms with Gasteiger partial charge in [0.1, 0.15) is 5.69 Å². The van der Waals surface area contributed by atoms with Gasteiger partial charge in [0.15, 0.2) is 5.82 Å². The maximum absolute atomic E-state index is 13.1. The number of nitriles is 1. The van der Waals surface area contributed by atoms with E-state index in [4.69, 9.17) is 11.0 Å². The molecule has 4 rings (SSSR count). The molecular formula is C22H16N6O. The standard InChI is InChI=1S/C22H16N6O/c23-14-15-9-11-16(12-10-15)19(24)21-26-20(18-8-4-5-13-25-18)27-28(21)22(29)17-6-2-1-3-7-17/h1-13,19H,24H2. The van der Waals surface area contributed by atoms with E-state index < -0.39 is 6.04 Å². The van der Waals surface area contributed by atoms with Crippen LogP contribution in [0.3, 0.4) is 0 Å². The first-order valence-electron chi connectivity index (χ1n) is 8.91. The summed E-state index contributed by atoms with van der Waals surface area (Å²) in [6, 6.07) is 22.4. The minimum atomic E-state index is -0.708. The predicted molar refractivity (Wildman–Crippen MR) is 107 cm³/mol. The van der Waals surface area contributed by atoms with E-state index in [0.717, 1.165) is 0 Å². The van der Waals surface area contributed by atoms with Gasteiger partial charge in [0, 0.05) is 11.8 Å². The lowest BCUT2D eigenvalue weighted by atomic mass is 10.1. The molecule has 2 aromatic heterocycles. The summed E-state index contributed by atoms with van der Waals surface area (Å²) < 4.78 is 1.22. The molecular weight excluding hydrogens is 364 g/mol. The normalized spacial score (nSPS) is 11.6. The van der Waals surface area contributed by atoms with Crippen molar-refractivity contribution < 1.29 is 4.79 Å². The van der Waals surface area contributed by atoms with E-state index in [1.165, 1.54) is 4.68 Å². The highest BCUT2D eigenvalue weighted by atomic mass is 16.2. The first-order valence-corrected chi connectivity index (χ1v) is 8.91. The zero-order valence-corrected chi connectivity index (χ0v) is 15.3. The summed E-state index contributed by atoms with van der Waals surface area (Å²) in [6.45, 7) is 0. The molecule has 0 radical (unpaired) electrons. The Labute approximate surface area is 167 Å². The van der Waals surface area contributed by atoms with Crippen LogP contribution < -0.4 is 5.73 Å². The first kappa shape index (κ1) is 18.2. The van der Waals surface area contributed by atoms with Gasteiger partial charge in [0.25, 0.3) is 5.91 Å². The maximum atomic E-state index is 13.1. The molecule has 7 heteroatoms. The summed E-state index contributed by atoms with van der Waals surface area (Å²) in [5, 5.41) is 13.4. The summed E-state index contributed by atoms with van der Waals surface area (Å²) in [6.07, 6.45) is 1.63. The Morgan fingerprint density at radius 2 is 1.72 bits per heavy atom. The molecule has 0 aliphatic heterocycles. The molecule has 0 bridgehead atoms. The first-order chi connectivity index (χ1) is 14.2. The van der Waals surface area contributed by atoms with Crippen LogP contribution in [0.2, 0.25) is 0 Å². The molecule has 0 saturated heterocycles. The third kappa shape index (κ3) is 3.65. The van der Waals surface area contributed by atoms with Gasteiger partial charge < -0.3 is 5.73 Å². The number of hydrogen-bond acceptors (Lipinski definition) is 6. The highest BCUT2D eigenvalue weighted by molar-refractivity contribution is 5.95. The molecule has 0 fully saturated rings. The van der Waals surface area contributed by atoms with Crippen molar-refractivity contribution >= 4 is 5.91 Å². The van der Waals surface area contributed by atoms with Crippen LogP contribution in [-0.4, -0.2) is 25.7 Å². The zero-order valence-electron chi connectivity index (χ0n) is 15.3. The van der Waals surface area contributed by atoms with Gasteiger partial charge in [-0.1, -0.05) is 36.4 Å². The minimum absolute atomic E-state index is 0.296. The largest absolute Gasteiger partial charge is 0.318 e. The smallest absolute Gasteiger partial charge is 0.279 e. The quantitative estimate of drug-likeness (QED) is 0.583. The molecule has 2 N–H and O–H groups in total. The third-order valence-electron chi connectivity index (χ3n) is 4.42. The third-order valence-corrected chi connectivity index (χ3v) is 4.42. The minimum Gasteiger partial charge on any atom is -0.318 e. The topological polar surface area (TPSA) is 110 Å². The average molecular weight is 380 g/mol. The molecule has 2 heterocycles. The summed E-state index contributed by atoms with van der Waals surface area (Å²) in [7, 11) is 0. The van der Waals surface area contributed by atoms with Crippen LogP contribution in [0.25, 0.3) is 11.5 Å². The van der Waals surface area contributed by atoms with Crippen molar-refractivity contribution in [1.82, 2.24) is 19.7 Å². The molecule has 7 nitrogen and oxygen atoms in total. The molecule has 140 valence electrons. The van der Waals surface area contributed by atoms with Crippen LogP contribution in [0.5, 0.6) is 0 Å². The van der Waals surface area contributed by atoms with E-state index in [1.54, 1.807) is 66.9 Å². The van der Waals surface area contributed by atoms with E-state index in [9.17, 15) is 4.79 Å². The van der Waals surface area contributed by atoms with Gasteiger partial charge in [-0.15, -0.1) is 5.10 Å². The fourth-order valence-corrected chi connectivity index (χ4v) is 2.90. The van der Waals surface area contributed by atoms with E-state index in [-0.39, 0.29) is 5.91 Å².